The number of carbonyl (C=O) groups excluding carboxylic acids is 1. The first kappa shape index (κ1) is 36.5. The minimum absolute atomic E-state index is 0.0701. The van der Waals surface area contributed by atoms with Crippen molar-refractivity contribution in [3.8, 4) is 11.5 Å². The number of nitrogens with zero attached hydrogens (tertiary/aromatic N) is 2. The summed E-state index contributed by atoms with van der Waals surface area (Å²) >= 11 is 6.01. The molecule has 2 aromatic carbocycles. The summed E-state index contributed by atoms with van der Waals surface area (Å²) in [6.07, 6.45) is -4.16. The normalized spacial score (nSPS) is 23.9. The highest BCUT2D eigenvalue weighted by Crippen LogP contribution is 2.45. The molecule has 2 aromatic rings. The van der Waals surface area contributed by atoms with E-state index in [2.05, 4.69) is 9.64 Å². The van der Waals surface area contributed by atoms with E-state index in [-0.39, 0.29) is 40.4 Å². The summed E-state index contributed by atoms with van der Waals surface area (Å²) in [4.78, 5) is 37.3. The number of hydrogen-bond donors (Lipinski definition) is 2. The summed E-state index contributed by atoms with van der Waals surface area (Å²) in [5, 5.41) is 16.7. The summed E-state index contributed by atoms with van der Waals surface area (Å²) in [5.41, 5.74) is 1.71. The molecule has 1 amide bonds. The third-order valence-electron chi connectivity index (χ3n) is 9.09. The smallest absolute Gasteiger partial charge is 0.490 e. The number of amides is 1. The summed E-state index contributed by atoms with van der Waals surface area (Å²) < 4.78 is 95.4. The van der Waals surface area contributed by atoms with Crippen LogP contribution in [-0.2, 0) is 16.1 Å². The predicted molar refractivity (Wildman–Crippen MR) is 158 cm³/mol. The fourth-order valence-electron chi connectivity index (χ4n) is 6.89. The molecule has 6 rings (SSSR count). The lowest BCUT2D eigenvalue weighted by molar-refractivity contribution is -0.274. The summed E-state index contributed by atoms with van der Waals surface area (Å²) in [6.45, 7) is 0.809. The van der Waals surface area contributed by atoms with E-state index >= 15 is 4.39 Å². The maximum absolute atomic E-state index is 15.5. The molecule has 0 radical (unpaired) electrons. The van der Waals surface area contributed by atoms with Crippen molar-refractivity contribution in [1.29, 1.82) is 0 Å². The van der Waals surface area contributed by atoms with Crippen molar-refractivity contribution in [2.45, 2.75) is 101 Å². The van der Waals surface area contributed by atoms with Crippen molar-refractivity contribution in [2.75, 3.05) is 6.54 Å². The number of alkyl halides is 6. The number of ether oxygens (including phenoxy) is 2. The number of rotatable bonds is 8. The first-order valence-corrected chi connectivity index (χ1v) is 15.9. The molecule has 1 aliphatic carbocycles. The van der Waals surface area contributed by atoms with Crippen molar-refractivity contribution in [3.63, 3.8) is 0 Å². The average Bonchev–Trinajstić information content (AvgIpc) is 3.64. The first-order valence-electron chi connectivity index (χ1n) is 15.5. The molecular formula is C32H32ClF7N2O7. The van der Waals surface area contributed by atoms with E-state index in [9.17, 15) is 41.0 Å². The molecule has 4 fully saturated rings. The maximum atomic E-state index is 15.5. The van der Waals surface area contributed by atoms with Crippen LogP contribution in [0.15, 0.2) is 30.3 Å². The van der Waals surface area contributed by atoms with Crippen molar-refractivity contribution in [3.05, 3.63) is 57.9 Å². The van der Waals surface area contributed by atoms with E-state index in [0.29, 0.717) is 38.8 Å². The van der Waals surface area contributed by atoms with E-state index in [1.165, 1.54) is 23.1 Å². The Bertz CT molecular complexity index is 1570. The molecule has 2 N–H and O–H groups in total. The Morgan fingerprint density at radius 3 is 2.04 bits per heavy atom. The van der Waals surface area contributed by atoms with Gasteiger partial charge in [-0.15, -0.1) is 13.2 Å². The lowest BCUT2D eigenvalue weighted by Gasteiger charge is -2.39. The van der Waals surface area contributed by atoms with Crippen LogP contribution in [0.3, 0.4) is 0 Å². The molecule has 9 nitrogen and oxygen atoms in total. The van der Waals surface area contributed by atoms with Gasteiger partial charge in [0.05, 0.1) is 5.56 Å². The Balaban J connectivity index is 0.000000606. The third kappa shape index (κ3) is 9.07. The van der Waals surface area contributed by atoms with Gasteiger partial charge in [0.1, 0.15) is 29.5 Å². The number of benzene rings is 2. The number of carbonyl (C=O) groups is 3. The number of hydrogen-bond acceptors (Lipinski definition) is 6. The zero-order valence-electron chi connectivity index (χ0n) is 25.7. The van der Waals surface area contributed by atoms with E-state index in [4.69, 9.17) is 26.2 Å². The van der Waals surface area contributed by atoms with Gasteiger partial charge in [0.15, 0.2) is 0 Å². The van der Waals surface area contributed by atoms with Crippen LogP contribution in [0, 0.1) is 5.82 Å². The molecule has 0 spiro atoms. The quantitative estimate of drug-likeness (QED) is 0.276. The minimum Gasteiger partial charge on any atom is -0.490 e. The Morgan fingerprint density at radius 1 is 0.878 bits per heavy atom. The van der Waals surface area contributed by atoms with Crippen molar-refractivity contribution in [1.82, 2.24) is 9.80 Å². The van der Waals surface area contributed by atoms with Crippen LogP contribution in [-0.4, -0.2) is 81.2 Å². The minimum atomic E-state index is -5.08. The number of carboxylic acids is 2. The molecule has 2 bridgehead atoms. The third-order valence-corrected chi connectivity index (χ3v) is 9.31. The molecule has 49 heavy (non-hydrogen) atoms. The highest BCUT2D eigenvalue weighted by Gasteiger charge is 2.43. The molecule has 17 heteroatoms. The Morgan fingerprint density at radius 2 is 1.49 bits per heavy atom. The number of carboxylic acid groups (broad SMARTS) is 2. The second-order valence-corrected chi connectivity index (χ2v) is 13.0. The van der Waals surface area contributed by atoms with E-state index in [0.717, 1.165) is 42.9 Å². The first-order chi connectivity index (χ1) is 22.9. The standard InChI is InChI=1S/C30H31ClF4N2O5.C2HF3O2/c31-18-9-21(13-23(10-18)42-30(33,34)35)41-22-11-19-5-6-20(12-22)37(19)15-17-8-26(32)25(14-24(17)16-3-4-16)28(38)36-7-1-2-27(36)29(39)40;3-2(4,5)1(6)7/h8-10,13-14,16,19-20,22,27H,1-7,11-12,15H2,(H,39,40);(H,6,7)/t19-,20+,22?,27-;/m0./s1. The van der Waals surface area contributed by atoms with Gasteiger partial charge in [0, 0.05) is 36.3 Å². The van der Waals surface area contributed by atoms with Gasteiger partial charge in [-0.1, -0.05) is 11.6 Å². The number of halogens is 8. The monoisotopic (exact) mass is 724 g/mol. The van der Waals surface area contributed by atoms with Gasteiger partial charge in [0.2, 0.25) is 0 Å². The topological polar surface area (TPSA) is 117 Å². The lowest BCUT2D eigenvalue weighted by Crippen LogP contribution is -2.46. The van der Waals surface area contributed by atoms with Gasteiger partial charge in [-0.2, -0.15) is 13.2 Å². The van der Waals surface area contributed by atoms with Gasteiger partial charge in [0.25, 0.3) is 5.91 Å². The maximum Gasteiger partial charge on any atom is 0.573 e. The van der Waals surface area contributed by atoms with Crippen LogP contribution in [0.2, 0.25) is 5.02 Å². The van der Waals surface area contributed by atoms with Crippen LogP contribution in [0.4, 0.5) is 30.7 Å². The van der Waals surface area contributed by atoms with Gasteiger partial charge in [-0.25, -0.2) is 14.0 Å². The molecule has 3 heterocycles. The lowest BCUT2D eigenvalue weighted by atomic mass is 9.95. The fraction of sp³-hybridized carbons (Fsp3) is 0.531. The molecule has 4 atom stereocenters. The van der Waals surface area contributed by atoms with Gasteiger partial charge in [-0.05, 0) is 92.7 Å². The summed E-state index contributed by atoms with van der Waals surface area (Å²) in [6, 6.07) is 6.18. The molecule has 1 saturated carbocycles. The second kappa shape index (κ2) is 14.2. The van der Waals surface area contributed by atoms with Crippen molar-refractivity contribution in [2.24, 2.45) is 0 Å². The van der Waals surface area contributed by atoms with Gasteiger partial charge < -0.3 is 24.6 Å². The van der Waals surface area contributed by atoms with Gasteiger partial charge in [-0.3, -0.25) is 9.69 Å². The molecule has 4 aliphatic rings. The Kier molecular flexibility index (Phi) is 10.6. The zero-order valence-corrected chi connectivity index (χ0v) is 26.5. The van der Waals surface area contributed by atoms with Crippen molar-refractivity contribution < 1.29 is 64.8 Å². The van der Waals surface area contributed by atoms with Crippen LogP contribution in [0.5, 0.6) is 11.5 Å². The van der Waals surface area contributed by atoms with Crippen LogP contribution >= 0.6 is 11.6 Å². The predicted octanol–water partition coefficient (Wildman–Crippen LogP) is 7.15. The number of aliphatic carboxylic acids is 2. The van der Waals surface area contributed by atoms with Crippen LogP contribution < -0.4 is 9.47 Å². The molecule has 1 unspecified atom stereocenters. The Hall–Kier alpha value is -3.79. The average molecular weight is 725 g/mol. The number of likely N-dealkylation sites (tertiary alicyclic amines) is 1. The van der Waals surface area contributed by atoms with Crippen LogP contribution in [0.25, 0.3) is 0 Å². The highest BCUT2D eigenvalue weighted by atomic mass is 35.5. The summed E-state index contributed by atoms with van der Waals surface area (Å²) in [5.74, 6) is -5.03. The van der Waals surface area contributed by atoms with Gasteiger partial charge >= 0.3 is 24.5 Å². The molecular weight excluding hydrogens is 693 g/mol. The number of fused-ring (bicyclic) bond motifs is 2. The highest BCUT2D eigenvalue weighted by molar-refractivity contribution is 6.30. The van der Waals surface area contributed by atoms with E-state index in [1.807, 2.05) is 0 Å². The largest absolute Gasteiger partial charge is 0.573 e. The zero-order chi connectivity index (χ0) is 35.8. The molecule has 3 aliphatic heterocycles. The molecule has 3 saturated heterocycles. The van der Waals surface area contributed by atoms with Crippen LogP contribution in [0.1, 0.15) is 78.8 Å². The van der Waals surface area contributed by atoms with E-state index in [1.54, 1.807) is 6.07 Å². The fourth-order valence-corrected chi connectivity index (χ4v) is 7.11. The second-order valence-electron chi connectivity index (χ2n) is 12.5. The number of piperidine rings is 1. The molecule has 268 valence electrons. The van der Waals surface area contributed by atoms with E-state index < -0.39 is 48.0 Å². The Labute approximate surface area is 280 Å². The van der Waals surface area contributed by atoms with Crippen molar-refractivity contribution >= 4 is 29.4 Å². The summed E-state index contributed by atoms with van der Waals surface area (Å²) in [7, 11) is 0. The molecule has 0 aromatic heterocycles. The SMILES string of the molecule is O=C(O)C(F)(F)F.O=C(O)[C@@H]1CCCN1C(=O)c1cc(C2CC2)c(CN2[C@@H]3CC[C@H]2CC(Oc2cc(Cl)cc(OC(F)(F)F)c2)C3)cc1F.